The van der Waals surface area contributed by atoms with Crippen LogP contribution in [0.3, 0.4) is 0 Å². The Morgan fingerprint density at radius 1 is 1.08 bits per heavy atom. The number of rotatable bonds is 2. The maximum atomic E-state index is 12.5. The van der Waals surface area contributed by atoms with Crippen LogP contribution in [0.4, 0.5) is 13.2 Å². The van der Waals surface area contributed by atoms with Crippen LogP contribution in [-0.2, 0) is 3.07 Å². The average molecular weight is 310 g/mol. The van der Waals surface area contributed by atoms with Crippen molar-refractivity contribution < 1.29 is 16.2 Å². The van der Waals surface area contributed by atoms with Gasteiger partial charge in [-0.1, -0.05) is 20.8 Å². The molecule has 0 fully saturated rings. The van der Waals surface area contributed by atoms with Gasteiger partial charge in [-0.2, -0.15) is 13.2 Å². The predicted octanol–water partition coefficient (Wildman–Crippen LogP) is 4.11. The van der Waals surface area contributed by atoms with Gasteiger partial charge in [0.1, 0.15) is 23.0 Å². The summed E-state index contributed by atoms with van der Waals surface area (Å²) in [6.07, 6.45) is -4.37. The summed E-state index contributed by atoms with van der Waals surface area (Å²) in [6.45, 7) is 6.34. The van der Waals surface area contributed by atoms with Crippen LogP contribution >= 0.6 is 23.0 Å². The molecule has 0 aromatic rings. The Labute approximate surface area is 90.7 Å². The van der Waals surface area contributed by atoms with Gasteiger partial charge in [0.15, 0.2) is 5.60 Å². The van der Waals surface area contributed by atoms with Gasteiger partial charge in [-0.3, -0.25) is 3.07 Å². The fourth-order valence-electron chi connectivity index (χ4n) is 1.18. The zero-order valence-corrected chi connectivity index (χ0v) is 10.3. The molecular weight excluding hydrogens is 296 g/mol. The molecular formula is C8H14F3IO. The van der Waals surface area contributed by atoms with Gasteiger partial charge in [0.05, 0.1) is 0 Å². The zero-order valence-electron chi connectivity index (χ0n) is 8.13. The van der Waals surface area contributed by atoms with Crippen molar-refractivity contribution in [3.05, 3.63) is 0 Å². The lowest BCUT2D eigenvalue weighted by Gasteiger charge is -2.34. The maximum Gasteiger partial charge on any atom is 0.418 e. The highest BCUT2D eigenvalue weighted by molar-refractivity contribution is 14.1. The van der Waals surface area contributed by atoms with Crippen LogP contribution in [0, 0.1) is 5.41 Å². The van der Waals surface area contributed by atoms with Crippen molar-refractivity contribution >= 4 is 23.0 Å². The molecule has 0 saturated heterocycles. The van der Waals surface area contributed by atoms with Gasteiger partial charge in [-0.15, -0.1) is 0 Å². The highest BCUT2D eigenvalue weighted by Crippen LogP contribution is 2.42. The average Bonchev–Trinajstić information content (AvgIpc) is 1.81. The Hall–Kier alpha value is 0.480. The molecule has 1 atom stereocenters. The molecule has 1 unspecified atom stereocenters. The summed E-state index contributed by atoms with van der Waals surface area (Å²) in [5, 5.41) is 0. The molecule has 0 aromatic heterocycles. The van der Waals surface area contributed by atoms with Crippen LogP contribution in [0.15, 0.2) is 0 Å². The number of hydrogen-bond donors (Lipinski definition) is 0. The summed E-state index contributed by atoms with van der Waals surface area (Å²) < 4.78 is 42.0. The van der Waals surface area contributed by atoms with E-state index in [0.717, 1.165) is 6.92 Å². The third-order valence-corrected chi connectivity index (χ3v) is 2.61. The Kier molecular flexibility index (Phi) is 4.07. The number of alkyl halides is 3. The second-order valence-electron chi connectivity index (χ2n) is 4.54. The third kappa shape index (κ3) is 4.01. The minimum absolute atomic E-state index is 0.0492. The smallest absolute Gasteiger partial charge is 0.300 e. The van der Waals surface area contributed by atoms with E-state index < -0.39 is 17.2 Å². The van der Waals surface area contributed by atoms with Crippen LogP contribution in [0.2, 0.25) is 0 Å². The van der Waals surface area contributed by atoms with E-state index in [-0.39, 0.29) is 6.42 Å². The summed E-state index contributed by atoms with van der Waals surface area (Å²) in [6, 6.07) is 0. The molecule has 5 heteroatoms. The van der Waals surface area contributed by atoms with Gasteiger partial charge < -0.3 is 0 Å². The van der Waals surface area contributed by atoms with E-state index >= 15 is 0 Å². The summed E-state index contributed by atoms with van der Waals surface area (Å²) >= 11 is 1.31. The van der Waals surface area contributed by atoms with E-state index in [9.17, 15) is 13.2 Å². The maximum absolute atomic E-state index is 12.5. The summed E-state index contributed by atoms with van der Waals surface area (Å²) in [7, 11) is 0. The second-order valence-corrected chi connectivity index (χ2v) is 4.98. The first kappa shape index (κ1) is 13.5. The molecule has 0 radical (unpaired) electrons. The van der Waals surface area contributed by atoms with Crippen molar-refractivity contribution in [1.29, 1.82) is 0 Å². The van der Waals surface area contributed by atoms with Gasteiger partial charge in [-0.05, 0) is 18.8 Å². The molecule has 0 rings (SSSR count). The van der Waals surface area contributed by atoms with Gasteiger partial charge >= 0.3 is 6.18 Å². The first-order chi connectivity index (χ1) is 5.52. The van der Waals surface area contributed by atoms with Crippen molar-refractivity contribution in [3.8, 4) is 0 Å². The highest BCUT2D eigenvalue weighted by atomic mass is 127. The largest absolute Gasteiger partial charge is 0.418 e. The lowest BCUT2D eigenvalue weighted by molar-refractivity contribution is -0.240. The first-order valence-electron chi connectivity index (χ1n) is 3.88. The molecule has 0 aliphatic rings. The lowest BCUT2D eigenvalue weighted by atomic mass is 9.82. The van der Waals surface area contributed by atoms with E-state index in [1.807, 2.05) is 0 Å². The molecule has 1 nitrogen and oxygen atoms in total. The lowest BCUT2D eigenvalue weighted by Crippen LogP contribution is -2.45. The summed E-state index contributed by atoms with van der Waals surface area (Å²) in [5.41, 5.74) is -2.46. The van der Waals surface area contributed by atoms with Crippen molar-refractivity contribution in [2.75, 3.05) is 0 Å². The molecule has 0 saturated carbocycles. The molecule has 0 bridgehead atoms. The van der Waals surface area contributed by atoms with E-state index in [1.165, 1.54) is 23.0 Å². The molecule has 0 heterocycles. The van der Waals surface area contributed by atoms with Gasteiger partial charge in [-0.25, -0.2) is 0 Å². The summed E-state index contributed by atoms with van der Waals surface area (Å²) in [5.74, 6) is 0. The predicted molar refractivity (Wildman–Crippen MR) is 53.6 cm³/mol. The minimum atomic E-state index is -4.32. The normalized spacial score (nSPS) is 18.5. The Morgan fingerprint density at radius 3 is 1.54 bits per heavy atom. The van der Waals surface area contributed by atoms with E-state index in [2.05, 4.69) is 3.07 Å². The minimum Gasteiger partial charge on any atom is -0.300 e. The SMILES string of the molecule is CC(C)(C)CC(C)(OI)C(F)(F)F. The van der Waals surface area contributed by atoms with Crippen LogP contribution < -0.4 is 0 Å². The van der Waals surface area contributed by atoms with Crippen LogP contribution in [-0.4, -0.2) is 11.8 Å². The van der Waals surface area contributed by atoms with E-state index in [1.54, 1.807) is 20.8 Å². The molecule has 0 aliphatic carbocycles. The van der Waals surface area contributed by atoms with Crippen molar-refractivity contribution in [2.24, 2.45) is 5.41 Å². The zero-order chi connectivity index (χ0) is 10.9. The molecule has 0 aliphatic heterocycles. The number of halogens is 4. The Morgan fingerprint density at radius 2 is 1.46 bits per heavy atom. The molecule has 0 amide bonds. The molecule has 0 N–H and O–H groups in total. The fraction of sp³-hybridized carbons (Fsp3) is 1.00. The Balaban J connectivity index is 4.67. The summed E-state index contributed by atoms with van der Waals surface area (Å²) in [4.78, 5) is 0. The topological polar surface area (TPSA) is 9.23 Å². The fourth-order valence-corrected chi connectivity index (χ4v) is 1.59. The van der Waals surface area contributed by atoms with Crippen molar-refractivity contribution in [1.82, 2.24) is 0 Å². The molecule has 80 valence electrons. The monoisotopic (exact) mass is 310 g/mol. The first-order valence-corrected chi connectivity index (χ1v) is 4.76. The standard InChI is InChI=1S/C8H14F3IO/c1-6(2,3)5-7(4,13-12)8(9,10)11/h5H2,1-4H3. The Bertz CT molecular complexity index is 173. The quantitative estimate of drug-likeness (QED) is 0.698. The van der Waals surface area contributed by atoms with E-state index in [4.69, 9.17) is 0 Å². The highest BCUT2D eigenvalue weighted by Gasteiger charge is 2.53. The van der Waals surface area contributed by atoms with Crippen LogP contribution in [0.5, 0.6) is 0 Å². The van der Waals surface area contributed by atoms with Gasteiger partial charge in [0.2, 0.25) is 0 Å². The number of hydrogen-bond acceptors (Lipinski definition) is 1. The van der Waals surface area contributed by atoms with Crippen LogP contribution in [0.1, 0.15) is 34.1 Å². The van der Waals surface area contributed by atoms with E-state index in [0.29, 0.717) is 0 Å². The van der Waals surface area contributed by atoms with Gasteiger partial charge in [0.25, 0.3) is 0 Å². The molecule has 13 heavy (non-hydrogen) atoms. The third-order valence-electron chi connectivity index (χ3n) is 1.64. The molecule has 0 spiro atoms. The second kappa shape index (κ2) is 3.92. The molecule has 0 aromatic carbocycles. The van der Waals surface area contributed by atoms with Crippen molar-refractivity contribution in [3.63, 3.8) is 0 Å². The van der Waals surface area contributed by atoms with Crippen LogP contribution in [0.25, 0.3) is 0 Å². The van der Waals surface area contributed by atoms with Gasteiger partial charge in [0, 0.05) is 0 Å². The van der Waals surface area contributed by atoms with Crippen molar-refractivity contribution in [2.45, 2.75) is 45.9 Å².